The van der Waals surface area contributed by atoms with E-state index in [1.165, 1.54) is 12.5 Å². The van der Waals surface area contributed by atoms with Crippen LogP contribution in [-0.2, 0) is 0 Å². The minimum Gasteiger partial charge on any atom is -0.477 e. The number of nitrogens with zero attached hydrogens (tertiary/aromatic N) is 1. The largest absolute Gasteiger partial charge is 0.477 e. The van der Waals surface area contributed by atoms with Crippen LogP contribution in [-0.4, -0.2) is 27.0 Å². The van der Waals surface area contributed by atoms with Crippen molar-refractivity contribution in [1.29, 1.82) is 0 Å². The Morgan fingerprint density at radius 1 is 1.50 bits per heavy atom. The standard InChI is InChI=1S/C9H7N3O3S/c13-8(6-3-10-4-11-6)12-5-1-2-16-7(5)9(14)15/h1-4H,(H,10,11)(H,12,13)(H,14,15). The summed E-state index contributed by atoms with van der Waals surface area (Å²) in [5, 5.41) is 12.9. The number of hydrogen-bond donors (Lipinski definition) is 3. The second-order valence-corrected chi connectivity index (χ2v) is 3.80. The highest BCUT2D eigenvalue weighted by Crippen LogP contribution is 2.22. The number of carbonyl (C=O) groups is 2. The van der Waals surface area contributed by atoms with Crippen molar-refractivity contribution in [2.24, 2.45) is 0 Å². The van der Waals surface area contributed by atoms with E-state index < -0.39 is 11.9 Å². The van der Waals surface area contributed by atoms with Crippen molar-refractivity contribution >= 4 is 28.9 Å². The Morgan fingerprint density at radius 3 is 2.94 bits per heavy atom. The van der Waals surface area contributed by atoms with E-state index in [0.29, 0.717) is 0 Å². The zero-order chi connectivity index (χ0) is 11.5. The van der Waals surface area contributed by atoms with Crippen LogP contribution in [0.4, 0.5) is 5.69 Å². The summed E-state index contributed by atoms with van der Waals surface area (Å²) in [5.74, 6) is -1.48. The van der Waals surface area contributed by atoms with E-state index in [9.17, 15) is 9.59 Å². The number of rotatable bonds is 3. The quantitative estimate of drug-likeness (QED) is 0.752. The molecule has 0 atom stereocenters. The van der Waals surface area contributed by atoms with Crippen LogP contribution in [0.3, 0.4) is 0 Å². The van der Waals surface area contributed by atoms with Crippen molar-refractivity contribution in [1.82, 2.24) is 9.97 Å². The molecule has 7 heteroatoms. The van der Waals surface area contributed by atoms with Crippen molar-refractivity contribution in [3.05, 3.63) is 34.5 Å². The van der Waals surface area contributed by atoms with Crippen LogP contribution in [0.2, 0.25) is 0 Å². The van der Waals surface area contributed by atoms with Crippen LogP contribution in [0.25, 0.3) is 0 Å². The minimum absolute atomic E-state index is 0.105. The lowest BCUT2D eigenvalue weighted by Gasteiger charge is -2.01. The van der Waals surface area contributed by atoms with E-state index in [4.69, 9.17) is 5.11 Å². The van der Waals surface area contributed by atoms with Gasteiger partial charge in [0, 0.05) is 0 Å². The molecule has 0 saturated carbocycles. The number of amides is 1. The van der Waals surface area contributed by atoms with E-state index >= 15 is 0 Å². The molecule has 16 heavy (non-hydrogen) atoms. The molecular formula is C9H7N3O3S. The fourth-order valence-electron chi connectivity index (χ4n) is 1.14. The van der Waals surface area contributed by atoms with Crippen LogP contribution >= 0.6 is 11.3 Å². The summed E-state index contributed by atoms with van der Waals surface area (Å²) in [6.45, 7) is 0. The lowest BCUT2D eigenvalue weighted by atomic mass is 10.3. The van der Waals surface area contributed by atoms with Gasteiger partial charge in [-0.25, -0.2) is 9.78 Å². The average molecular weight is 237 g/mol. The van der Waals surface area contributed by atoms with Crippen molar-refractivity contribution in [3.63, 3.8) is 0 Å². The molecule has 82 valence electrons. The van der Waals surface area contributed by atoms with E-state index in [-0.39, 0.29) is 16.3 Å². The summed E-state index contributed by atoms with van der Waals surface area (Å²) in [7, 11) is 0. The molecule has 0 unspecified atom stereocenters. The molecule has 2 heterocycles. The number of imidazole rings is 1. The molecule has 0 aliphatic carbocycles. The maximum Gasteiger partial charge on any atom is 0.348 e. The highest BCUT2D eigenvalue weighted by molar-refractivity contribution is 7.12. The van der Waals surface area contributed by atoms with E-state index in [0.717, 1.165) is 11.3 Å². The van der Waals surface area contributed by atoms with Gasteiger partial charge in [-0.2, -0.15) is 0 Å². The van der Waals surface area contributed by atoms with Crippen LogP contribution in [0.5, 0.6) is 0 Å². The van der Waals surface area contributed by atoms with Gasteiger partial charge in [-0.15, -0.1) is 11.3 Å². The van der Waals surface area contributed by atoms with Gasteiger partial charge < -0.3 is 15.4 Å². The molecular weight excluding hydrogens is 230 g/mol. The third kappa shape index (κ3) is 1.94. The van der Waals surface area contributed by atoms with Crippen LogP contribution in [0.15, 0.2) is 24.0 Å². The second kappa shape index (κ2) is 4.15. The number of carboxylic acid groups (broad SMARTS) is 1. The number of nitrogens with one attached hydrogen (secondary N) is 2. The van der Waals surface area contributed by atoms with Gasteiger partial charge in [0.2, 0.25) is 0 Å². The Morgan fingerprint density at radius 2 is 2.31 bits per heavy atom. The zero-order valence-electron chi connectivity index (χ0n) is 7.93. The number of hydrogen-bond acceptors (Lipinski definition) is 4. The Hall–Kier alpha value is -2.15. The van der Waals surface area contributed by atoms with E-state index in [2.05, 4.69) is 15.3 Å². The molecule has 2 aromatic rings. The van der Waals surface area contributed by atoms with Gasteiger partial charge in [0.25, 0.3) is 5.91 Å². The Bertz CT molecular complexity index is 518. The molecule has 2 rings (SSSR count). The summed E-state index contributed by atoms with van der Waals surface area (Å²) < 4.78 is 0. The number of aromatic nitrogens is 2. The third-order valence-electron chi connectivity index (χ3n) is 1.85. The van der Waals surface area contributed by atoms with Crippen molar-refractivity contribution in [3.8, 4) is 0 Å². The molecule has 0 bridgehead atoms. The first kappa shape index (κ1) is 10.4. The van der Waals surface area contributed by atoms with Crippen molar-refractivity contribution in [2.75, 3.05) is 5.32 Å². The van der Waals surface area contributed by atoms with Crippen molar-refractivity contribution in [2.45, 2.75) is 0 Å². The summed E-state index contributed by atoms with van der Waals surface area (Å²) in [4.78, 5) is 28.8. The lowest BCUT2D eigenvalue weighted by Crippen LogP contribution is -2.13. The molecule has 0 aliphatic heterocycles. The van der Waals surface area contributed by atoms with Gasteiger partial charge in [0.1, 0.15) is 10.6 Å². The van der Waals surface area contributed by atoms with Crippen LogP contribution in [0.1, 0.15) is 20.2 Å². The number of carbonyl (C=O) groups excluding carboxylic acids is 1. The van der Waals surface area contributed by atoms with Gasteiger partial charge in [0.05, 0.1) is 18.2 Å². The minimum atomic E-state index is -1.06. The normalized spacial score (nSPS) is 10.0. The molecule has 0 fully saturated rings. The number of anilines is 1. The molecule has 0 aromatic carbocycles. The molecule has 0 radical (unpaired) electrons. The maximum absolute atomic E-state index is 11.6. The van der Waals surface area contributed by atoms with Crippen LogP contribution in [0, 0.1) is 0 Å². The van der Waals surface area contributed by atoms with Gasteiger partial charge >= 0.3 is 5.97 Å². The first-order valence-electron chi connectivity index (χ1n) is 4.29. The number of carboxylic acids is 1. The monoisotopic (exact) mass is 237 g/mol. The lowest BCUT2D eigenvalue weighted by molar-refractivity contribution is 0.0703. The Balaban J connectivity index is 2.18. The van der Waals surface area contributed by atoms with Gasteiger partial charge in [-0.3, -0.25) is 4.79 Å². The van der Waals surface area contributed by atoms with Crippen LogP contribution < -0.4 is 5.32 Å². The van der Waals surface area contributed by atoms with Gasteiger partial charge in [-0.1, -0.05) is 0 Å². The number of aromatic amines is 1. The SMILES string of the molecule is O=C(Nc1ccsc1C(=O)O)c1cnc[nH]1. The Kier molecular flexibility index (Phi) is 2.69. The maximum atomic E-state index is 11.6. The topological polar surface area (TPSA) is 95.1 Å². The summed E-state index contributed by atoms with van der Waals surface area (Å²) in [6.07, 6.45) is 2.74. The molecule has 3 N–H and O–H groups in total. The smallest absolute Gasteiger partial charge is 0.348 e. The highest BCUT2D eigenvalue weighted by Gasteiger charge is 2.15. The highest BCUT2D eigenvalue weighted by atomic mass is 32.1. The summed E-state index contributed by atoms with van der Waals surface area (Å²) in [6, 6.07) is 1.54. The molecule has 0 spiro atoms. The van der Waals surface area contributed by atoms with Gasteiger partial charge in [-0.05, 0) is 11.4 Å². The molecule has 0 saturated heterocycles. The number of H-pyrrole nitrogens is 1. The average Bonchev–Trinajstić information content (AvgIpc) is 2.86. The Labute approximate surface area is 94.0 Å². The number of aromatic carboxylic acids is 1. The molecule has 2 aromatic heterocycles. The predicted molar refractivity (Wildman–Crippen MR) is 57.8 cm³/mol. The van der Waals surface area contributed by atoms with E-state index in [1.807, 2.05) is 0 Å². The van der Waals surface area contributed by atoms with Crippen molar-refractivity contribution < 1.29 is 14.7 Å². The fraction of sp³-hybridized carbons (Fsp3) is 0. The summed E-state index contributed by atoms with van der Waals surface area (Å²) in [5.41, 5.74) is 0.569. The van der Waals surface area contributed by atoms with E-state index in [1.54, 1.807) is 11.4 Å². The fourth-order valence-corrected chi connectivity index (χ4v) is 1.83. The zero-order valence-corrected chi connectivity index (χ0v) is 8.75. The predicted octanol–water partition coefficient (Wildman–Crippen LogP) is 1.42. The summed E-state index contributed by atoms with van der Waals surface area (Å²) >= 11 is 1.06. The first-order valence-corrected chi connectivity index (χ1v) is 5.17. The second-order valence-electron chi connectivity index (χ2n) is 2.89. The third-order valence-corrected chi connectivity index (χ3v) is 2.75. The molecule has 1 amide bonds. The first-order chi connectivity index (χ1) is 7.68. The number of thiophene rings is 1. The molecule has 0 aliphatic rings. The molecule has 6 nitrogen and oxygen atoms in total. The van der Waals surface area contributed by atoms with Gasteiger partial charge in [0.15, 0.2) is 0 Å².